The van der Waals surface area contributed by atoms with Gasteiger partial charge in [-0.15, -0.1) is 0 Å². The lowest BCUT2D eigenvalue weighted by molar-refractivity contribution is -0.577. The number of aliphatic hydroxyl groups is 1. The third-order valence-corrected chi connectivity index (χ3v) is 3.43. The smallest absolute Gasteiger partial charge is 0.327 e. The van der Waals surface area contributed by atoms with Crippen LogP contribution in [0.15, 0.2) is 18.2 Å². The van der Waals surface area contributed by atoms with E-state index < -0.39 is 17.2 Å². The normalized spacial score (nSPS) is 19.8. The molecule has 7 nitrogen and oxygen atoms in total. The lowest BCUT2D eigenvalue weighted by Gasteiger charge is -2.35. The average molecular weight is 277 g/mol. The molecule has 0 aromatic heterocycles. The van der Waals surface area contributed by atoms with Crippen LogP contribution < -0.4 is 4.74 Å². The van der Waals surface area contributed by atoms with Crippen molar-refractivity contribution in [1.29, 1.82) is 0 Å². The molecule has 0 amide bonds. The Bertz CT molecular complexity index is 525. The van der Waals surface area contributed by atoms with E-state index >= 15 is 0 Å². The van der Waals surface area contributed by atoms with Crippen molar-refractivity contribution in [3.8, 4) is 5.75 Å². The number of ether oxygens (including phenoxy) is 1. The zero-order chi connectivity index (χ0) is 14.7. The van der Waals surface area contributed by atoms with Crippen LogP contribution in [0, 0.1) is 10.1 Å². The number of fused-ring (bicyclic) bond motifs is 1. The molecule has 1 aliphatic rings. The summed E-state index contributed by atoms with van der Waals surface area (Å²) in [5.74, 6) is 0.683. The SMILES string of the molecule is COc1ccc2c(c1)CN([B]C=O)[C@H]([C@H](O)[N+](=O)[O-])C2. The van der Waals surface area contributed by atoms with Crippen molar-refractivity contribution in [1.82, 2.24) is 4.81 Å². The molecule has 105 valence electrons. The van der Waals surface area contributed by atoms with E-state index in [9.17, 15) is 20.0 Å². The van der Waals surface area contributed by atoms with Crippen LogP contribution in [0.2, 0.25) is 0 Å². The quantitative estimate of drug-likeness (QED) is 0.264. The van der Waals surface area contributed by atoms with Crippen LogP contribution in [-0.4, -0.2) is 47.8 Å². The van der Waals surface area contributed by atoms with Gasteiger partial charge in [0.15, 0.2) is 0 Å². The Morgan fingerprint density at radius 2 is 2.35 bits per heavy atom. The number of hydrogen-bond acceptors (Lipinski definition) is 6. The van der Waals surface area contributed by atoms with E-state index in [2.05, 4.69) is 0 Å². The van der Waals surface area contributed by atoms with Gasteiger partial charge in [0.05, 0.1) is 24.3 Å². The van der Waals surface area contributed by atoms with Gasteiger partial charge in [-0.25, -0.2) is 0 Å². The summed E-state index contributed by atoms with van der Waals surface area (Å²) in [6.45, 7) is 0.320. The Hall–Kier alpha value is -1.93. The number of methoxy groups -OCH3 is 1. The van der Waals surface area contributed by atoms with Crippen LogP contribution in [0.4, 0.5) is 0 Å². The van der Waals surface area contributed by atoms with Crippen molar-refractivity contribution in [3.05, 3.63) is 39.4 Å². The second-order valence-electron chi connectivity index (χ2n) is 4.56. The molecule has 1 aliphatic heterocycles. The maximum Gasteiger partial charge on any atom is 0.327 e. The van der Waals surface area contributed by atoms with Gasteiger partial charge in [-0.05, 0) is 29.7 Å². The molecule has 0 unspecified atom stereocenters. The molecular formula is C12H14BN2O5. The Balaban J connectivity index is 2.31. The summed E-state index contributed by atoms with van der Waals surface area (Å²) in [5.41, 5.74) is 1.83. The van der Waals surface area contributed by atoms with Gasteiger partial charge >= 0.3 is 6.23 Å². The second-order valence-corrected chi connectivity index (χ2v) is 4.56. The van der Waals surface area contributed by atoms with Gasteiger partial charge in [0.2, 0.25) is 0 Å². The first-order valence-corrected chi connectivity index (χ1v) is 6.08. The van der Waals surface area contributed by atoms with E-state index in [0.29, 0.717) is 24.9 Å². The molecule has 0 saturated heterocycles. The van der Waals surface area contributed by atoms with Crippen LogP contribution in [0.1, 0.15) is 11.1 Å². The van der Waals surface area contributed by atoms with Crippen LogP contribution in [-0.2, 0) is 17.8 Å². The largest absolute Gasteiger partial charge is 0.497 e. The third kappa shape index (κ3) is 2.81. The minimum absolute atomic E-state index is 0.297. The van der Waals surface area contributed by atoms with Crippen molar-refractivity contribution in [2.75, 3.05) is 7.11 Å². The Morgan fingerprint density at radius 1 is 1.60 bits per heavy atom. The summed E-state index contributed by atoms with van der Waals surface area (Å²) in [5, 5.41) is 20.4. The molecule has 1 heterocycles. The van der Waals surface area contributed by atoms with E-state index in [-0.39, 0.29) is 0 Å². The van der Waals surface area contributed by atoms with Crippen LogP contribution in [0.25, 0.3) is 0 Å². The molecule has 1 aromatic carbocycles. The van der Waals surface area contributed by atoms with Gasteiger partial charge < -0.3 is 19.4 Å². The summed E-state index contributed by atoms with van der Waals surface area (Å²) in [6, 6.07) is 4.67. The topological polar surface area (TPSA) is 92.9 Å². The molecule has 8 heteroatoms. The first-order chi connectivity index (χ1) is 9.56. The first-order valence-electron chi connectivity index (χ1n) is 6.08. The maximum atomic E-state index is 10.8. The van der Waals surface area contributed by atoms with E-state index in [1.165, 1.54) is 12.2 Å². The maximum absolute atomic E-state index is 10.8. The zero-order valence-electron chi connectivity index (χ0n) is 10.9. The summed E-state index contributed by atoms with van der Waals surface area (Å²) >= 11 is 0. The highest BCUT2D eigenvalue weighted by molar-refractivity contribution is 6.64. The van der Waals surface area contributed by atoms with E-state index in [4.69, 9.17) is 4.74 Å². The highest BCUT2D eigenvalue weighted by Gasteiger charge is 2.37. The third-order valence-electron chi connectivity index (χ3n) is 3.43. The number of carbonyl (C=O) groups excluding carboxylic acids is 1. The van der Waals surface area contributed by atoms with Gasteiger partial charge in [0, 0.05) is 6.54 Å². The molecular weight excluding hydrogens is 263 g/mol. The van der Waals surface area contributed by atoms with Crippen molar-refractivity contribution >= 4 is 13.6 Å². The van der Waals surface area contributed by atoms with Crippen LogP contribution in [0.5, 0.6) is 5.75 Å². The number of rotatable bonds is 5. The molecule has 20 heavy (non-hydrogen) atoms. The number of hydrogen-bond donors (Lipinski definition) is 1. The molecule has 0 bridgehead atoms. The van der Waals surface area contributed by atoms with Crippen molar-refractivity contribution < 1.29 is 19.6 Å². The summed E-state index contributed by atoms with van der Waals surface area (Å²) in [7, 11) is 2.78. The standard InChI is InChI=1S/C12H14BN2O5/c1-20-10-3-2-8-5-11(12(17)15(18)19)14(13-7-16)6-9(8)4-10/h2-4,7,11-12,17H,5-6H2,1H3/t11-,12-/m0/s1. The predicted molar refractivity (Wildman–Crippen MR) is 71.5 cm³/mol. The minimum atomic E-state index is -1.73. The summed E-state index contributed by atoms with van der Waals surface area (Å²) < 4.78 is 5.13. The fourth-order valence-electron chi connectivity index (χ4n) is 2.39. The molecule has 1 N–H and O–H groups in total. The summed E-state index contributed by atoms with van der Waals surface area (Å²) in [6.07, 6.45) is -0.877. The Kier molecular flexibility index (Phi) is 4.36. The van der Waals surface area contributed by atoms with Gasteiger partial charge in [-0.1, -0.05) is 6.07 Å². The fourth-order valence-corrected chi connectivity index (χ4v) is 2.39. The molecule has 1 aromatic rings. The van der Waals surface area contributed by atoms with Gasteiger partial charge in [-0.3, -0.25) is 10.1 Å². The molecule has 0 saturated carbocycles. The monoisotopic (exact) mass is 277 g/mol. The average Bonchev–Trinajstić information content (AvgIpc) is 2.45. The molecule has 1 radical (unpaired) electrons. The van der Waals surface area contributed by atoms with Crippen molar-refractivity contribution in [2.24, 2.45) is 0 Å². The molecule has 2 rings (SSSR count). The van der Waals surface area contributed by atoms with E-state index in [1.54, 1.807) is 13.2 Å². The number of aliphatic hydroxyl groups excluding tert-OH is 1. The molecule has 0 spiro atoms. The van der Waals surface area contributed by atoms with E-state index in [0.717, 1.165) is 11.1 Å². The predicted octanol–water partition coefficient (Wildman–Crippen LogP) is -0.174. The Morgan fingerprint density at radius 3 is 2.95 bits per heavy atom. The summed E-state index contributed by atoms with van der Waals surface area (Å²) in [4.78, 5) is 22.2. The number of nitrogens with zero attached hydrogens (tertiary/aromatic N) is 2. The lowest BCUT2D eigenvalue weighted by atomic mass is 9.83. The number of carbonyl (C=O) groups is 1. The molecule has 0 aliphatic carbocycles. The van der Waals surface area contributed by atoms with Crippen molar-refractivity contribution in [2.45, 2.75) is 25.2 Å². The van der Waals surface area contributed by atoms with Gasteiger partial charge in [-0.2, -0.15) is 0 Å². The second kappa shape index (κ2) is 6.02. The first kappa shape index (κ1) is 14.5. The molecule has 2 atom stereocenters. The fraction of sp³-hybridized carbons (Fsp3) is 0.417. The van der Waals surface area contributed by atoms with E-state index in [1.807, 2.05) is 12.1 Å². The minimum Gasteiger partial charge on any atom is -0.497 e. The highest BCUT2D eigenvalue weighted by atomic mass is 16.7. The zero-order valence-corrected chi connectivity index (χ0v) is 10.9. The van der Waals surface area contributed by atoms with Gasteiger partial charge in [0.25, 0.3) is 7.41 Å². The number of nitro groups is 1. The highest BCUT2D eigenvalue weighted by Crippen LogP contribution is 2.27. The number of benzene rings is 1. The Labute approximate surface area is 116 Å². The van der Waals surface area contributed by atoms with Crippen molar-refractivity contribution in [3.63, 3.8) is 0 Å². The van der Waals surface area contributed by atoms with Crippen LogP contribution >= 0.6 is 0 Å². The molecule has 0 fully saturated rings. The van der Waals surface area contributed by atoms with Crippen LogP contribution in [0.3, 0.4) is 0 Å². The van der Waals surface area contributed by atoms with Gasteiger partial charge in [0.1, 0.15) is 5.75 Å². The lowest BCUT2D eigenvalue weighted by Crippen LogP contribution is -2.52.